The summed E-state index contributed by atoms with van der Waals surface area (Å²) in [4.78, 5) is 0. The summed E-state index contributed by atoms with van der Waals surface area (Å²) in [5, 5.41) is 9.73. The first-order chi connectivity index (χ1) is 6.24. The van der Waals surface area contributed by atoms with E-state index in [0.717, 1.165) is 27.0 Å². The van der Waals surface area contributed by atoms with Crippen LogP contribution < -0.4 is 0 Å². The van der Waals surface area contributed by atoms with E-state index in [0.29, 0.717) is 3.57 Å². The van der Waals surface area contributed by atoms with Crippen LogP contribution >= 0.6 is 33.9 Å². The number of hydrogen-bond donors (Lipinski definition) is 1. The van der Waals surface area contributed by atoms with Crippen LogP contribution in [0, 0.1) is 8.70 Å². The lowest BCUT2D eigenvalue weighted by Gasteiger charge is -1.98. The maximum atomic E-state index is 13.2. The molecule has 13 heavy (non-hydrogen) atoms. The van der Waals surface area contributed by atoms with E-state index in [2.05, 4.69) is 0 Å². The Balaban J connectivity index is 2.87. The van der Waals surface area contributed by atoms with Crippen LogP contribution in [0.3, 0.4) is 0 Å². The summed E-state index contributed by atoms with van der Waals surface area (Å²) >= 11 is 3.09. The van der Waals surface area contributed by atoms with Crippen LogP contribution in [0.4, 0.5) is 4.39 Å². The van der Waals surface area contributed by atoms with Gasteiger partial charge in [-0.3, -0.25) is 0 Å². The lowest BCUT2D eigenvalue weighted by atomic mass is 10.1. The quantitative estimate of drug-likeness (QED) is 0.803. The molecule has 2 aromatic rings. The third-order valence-electron chi connectivity index (χ3n) is 1.87. The number of hydrogen-bond acceptors (Lipinski definition) is 2. The van der Waals surface area contributed by atoms with Crippen molar-refractivity contribution < 1.29 is 9.50 Å². The molecule has 0 unspecified atom stereocenters. The van der Waals surface area contributed by atoms with E-state index in [1.165, 1.54) is 0 Å². The molecule has 0 bridgehead atoms. The fourth-order valence-electron chi connectivity index (χ4n) is 1.28. The molecular formula is C9H6FIOS. The summed E-state index contributed by atoms with van der Waals surface area (Å²) < 4.78 is 14.7. The monoisotopic (exact) mass is 308 g/mol. The minimum Gasteiger partial charge on any atom is -0.392 e. The minimum absolute atomic E-state index is 0.0382. The van der Waals surface area contributed by atoms with Crippen LogP contribution in [0.2, 0.25) is 0 Å². The molecule has 0 fully saturated rings. The van der Waals surface area contributed by atoms with Gasteiger partial charge in [-0.25, -0.2) is 0 Å². The Morgan fingerprint density at radius 3 is 2.92 bits per heavy atom. The van der Waals surface area contributed by atoms with Crippen molar-refractivity contribution >= 4 is 44.0 Å². The van der Waals surface area contributed by atoms with Crippen LogP contribution in [0.5, 0.6) is 0 Å². The van der Waals surface area contributed by atoms with Crippen molar-refractivity contribution in [3.8, 4) is 0 Å². The molecule has 0 radical (unpaired) electrons. The summed E-state index contributed by atoms with van der Waals surface area (Å²) in [6, 6.07) is 5.51. The van der Waals surface area contributed by atoms with Gasteiger partial charge in [0.05, 0.1) is 10.2 Å². The highest BCUT2D eigenvalue weighted by Gasteiger charge is 2.11. The summed E-state index contributed by atoms with van der Waals surface area (Å²) in [6.45, 7) is -0.0382. The molecule has 0 spiro atoms. The zero-order chi connectivity index (χ0) is 9.42. The van der Waals surface area contributed by atoms with Crippen LogP contribution in [0.15, 0.2) is 18.2 Å². The van der Waals surface area contributed by atoms with Gasteiger partial charge < -0.3 is 5.11 Å². The Bertz CT molecular complexity index is 452. The zero-order valence-electron chi connectivity index (χ0n) is 6.55. The highest BCUT2D eigenvalue weighted by molar-refractivity contribution is 14.1. The molecule has 1 nitrogen and oxygen atoms in total. The molecule has 1 aromatic heterocycles. The summed E-state index contributed by atoms with van der Waals surface area (Å²) in [7, 11) is 0. The molecule has 68 valence electrons. The van der Waals surface area contributed by atoms with Gasteiger partial charge in [0.1, 0.15) is 0 Å². The molecule has 0 aliphatic heterocycles. The highest BCUT2D eigenvalue weighted by Crippen LogP contribution is 2.33. The Kier molecular flexibility index (Phi) is 2.53. The van der Waals surface area contributed by atoms with Crippen molar-refractivity contribution in [3.63, 3.8) is 0 Å². The van der Waals surface area contributed by atoms with Crippen molar-refractivity contribution in [2.24, 2.45) is 0 Å². The third kappa shape index (κ3) is 1.47. The number of aliphatic hydroxyl groups is 1. The van der Waals surface area contributed by atoms with E-state index in [1.807, 2.05) is 40.8 Å². The molecule has 1 heterocycles. The van der Waals surface area contributed by atoms with Crippen molar-refractivity contribution in [3.05, 3.63) is 32.5 Å². The minimum atomic E-state index is -0.170. The van der Waals surface area contributed by atoms with Gasteiger partial charge in [0.25, 0.3) is 0 Å². The van der Waals surface area contributed by atoms with Gasteiger partial charge in [0.2, 0.25) is 0 Å². The Labute approximate surface area is 92.3 Å². The lowest BCUT2D eigenvalue weighted by Crippen LogP contribution is -1.84. The fourth-order valence-corrected chi connectivity index (χ4v) is 3.30. The average Bonchev–Trinajstić information content (AvgIpc) is 2.43. The van der Waals surface area contributed by atoms with Crippen LogP contribution in [0.1, 0.15) is 5.56 Å². The Morgan fingerprint density at radius 2 is 2.23 bits per heavy atom. The number of benzene rings is 1. The van der Waals surface area contributed by atoms with Crippen molar-refractivity contribution in [1.29, 1.82) is 0 Å². The average molecular weight is 308 g/mol. The molecule has 0 amide bonds. The van der Waals surface area contributed by atoms with Gasteiger partial charge >= 0.3 is 0 Å². The lowest BCUT2D eigenvalue weighted by molar-refractivity contribution is 0.283. The van der Waals surface area contributed by atoms with Gasteiger partial charge in [0.15, 0.2) is 5.13 Å². The standard InChI is InChI=1S/C9H6FIOS/c10-9-8(11)7-5(4-12)2-1-3-6(7)13-9/h1-3,12H,4H2. The zero-order valence-corrected chi connectivity index (χ0v) is 9.52. The van der Waals surface area contributed by atoms with E-state index in [-0.39, 0.29) is 11.7 Å². The first-order valence-corrected chi connectivity index (χ1v) is 5.60. The van der Waals surface area contributed by atoms with Gasteiger partial charge in [0, 0.05) is 10.1 Å². The van der Waals surface area contributed by atoms with E-state index >= 15 is 0 Å². The van der Waals surface area contributed by atoms with E-state index in [1.54, 1.807) is 0 Å². The predicted octanol–water partition coefficient (Wildman–Crippen LogP) is 3.14. The molecule has 1 N–H and O–H groups in total. The van der Waals surface area contributed by atoms with Crippen LogP contribution in [-0.2, 0) is 6.61 Å². The first kappa shape index (κ1) is 9.36. The fraction of sp³-hybridized carbons (Fsp3) is 0.111. The van der Waals surface area contributed by atoms with Gasteiger partial charge in [-0.15, -0.1) is 11.3 Å². The third-order valence-corrected chi connectivity index (χ3v) is 4.20. The second-order valence-electron chi connectivity index (χ2n) is 2.64. The Hall–Kier alpha value is -0.200. The van der Waals surface area contributed by atoms with Gasteiger partial charge in [-0.05, 0) is 34.2 Å². The van der Waals surface area contributed by atoms with Gasteiger partial charge in [-0.2, -0.15) is 4.39 Å². The number of rotatable bonds is 1. The van der Waals surface area contributed by atoms with E-state index in [4.69, 9.17) is 5.11 Å². The maximum Gasteiger partial charge on any atom is 0.190 e. The number of fused-ring (bicyclic) bond motifs is 1. The first-order valence-electron chi connectivity index (χ1n) is 3.70. The molecule has 4 heteroatoms. The SMILES string of the molecule is OCc1cccc2sc(F)c(I)c12. The number of thiophene rings is 1. The van der Waals surface area contributed by atoms with Gasteiger partial charge in [-0.1, -0.05) is 12.1 Å². The van der Waals surface area contributed by atoms with E-state index < -0.39 is 0 Å². The highest BCUT2D eigenvalue weighted by atomic mass is 127. The molecule has 1 aromatic carbocycles. The second kappa shape index (κ2) is 3.51. The van der Waals surface area contributed by atoms with Crippen LogP contribution in [-0.4, -0.2) is 5.11 Å². The predicted molar refractivity (Wildman–Crippen MR) is 60.4 cm³/mol. The summed E-state index contributed by atoms with van der Waals surface area (Å²) in [5.41, 5.74) is 0.794. The molecular weight excluding hydrogens is 302 g/mol. The van der Waals surface area contributed by atoms with Crippen molar-refractivity contribution in [2.45, 2.75) is 6.61 Å². The van der Waals surface area contributed by atoms with Crippen LogP contribution in [0.25, 0.3) is 10.1 Å². The number of halogens is 2. The Morgan fingerprint density at radius 1 is 1.46 bits per heavy atom. The molecule has 2 rings (SSSR count). The smallest absolute Gasteiger partial charge is 0.190 e. The van der Waals surface area contributed by atoms with Crippen molar-refractivity contribution in [2.75, 3.05) is 0 Å². The normalized spacial score (nSPS) is 11.0. The molecule has 0 atom stereocenters. The molecule has 0 aliphatic carbocycles. The summed E-state index contributed by atoms with van der Waals surface area (Å²) in [6.07, 6.45) is 0. The number of aliphatic hydroxyl groups excluding tert-OH is 1. The summed E-state index contributed by atoms with van der Waals surface area (Å²) in [5.74, 6) is 0. The maximum absolute atomic E-state index is 13.2. The second-order valence-corrected chi connectivity index (χ2v) is 4.72. The topological polar surface area (TPSA) is 20.2 Å². The molecule has 0 saturated heterocycles. The molecule has 0 saturated carbocycles. The van der Waals surface area contributed by atoms with E-state index in [9.17, 15) is 4.39 Å². The largest absolute Gasteiger partial charge is 0.392 e. The van der Waals surface area contributed by atoms with Crippen molar-refractivity contribution in [1.82, 2.24) is 0 Å². The molecule has 0 aliphatic rings.